The van der Waals surface area contributed by atoms with Crippen LogP contribution in [0.15, 0.2) is 30.6 Å². The van der Waals surface area contributed by atoms with Gasteiger partial charge >= 0.3 is 0 Å². The Morgan fingerprint density at radius 2 is 1.89 bits per heavy atom. The number of nitrogens with zero attached hydrogens (tertiary/aromatic N) is 3. The van der Waals surface area contributed by atoms with Gasteiger partial charge < -0.3 is 24.7 Å². The largest absolute Gasteiger partial charge is 0.493 e. The molecule has 1 fully saturated rings. The van der Waals surface area contributed by atoms with Crippen LogP contribution in [-0.4, -0.2) is 53.6 Å². The number of piperidine rings is 1. The summed E-state index contributed by atoms with van der Waals surface area (Å²) in [7, 11) is 3.16. The molecule has 28 heavy (non-hydrogen) atoms. The van der Waals surface area contributed by atoms with Gasteiger partial charge in [0, 0.05) is 31.4 Å². The van der Waals surface area contributed by atoms with Crippen LogP contribution in [0.5, 0.6) is 11.5 Å². The van der Waals surface area contributed by atoms with E-state index in [0.29, 0.717) is 31.0 Å². The summed E-state index contributed by atoms with van der Waals surface area (Å²) < 4.78 is 12.3. The molecule has 0 saturated carbocycles. The molecule has 1 aromatic heterocycles. The fourth-order valence-corrected chi connectivity index (χ4v) is 3.65. The Morgan fingerprint density at radius 3 is 2.54 bits per heavy atom. The van der Waals surface area contributed by atoms with Crippen LogP contribution in [0.2, 0.25) is 0 Å². The normalized spacial score (nSPS) is 14.7. The molecule has 0 bridgehead atoms. The van der Waals surface area contributed by atoms with Crippen LogP contribution >= 0.6 is 0 Å². The number of hydrogen-bond acceptors (Lipinski definition) is 5. The average Bonchev–Trinajstić information content (AvgIpc) is 3.15. The van der Waals surface area contributed by atoms with Crippen LogP contribution in [0.4, 0.5) is 0 Å². The minimum atomic E-state index is -0.387. The van der Waals surface area contributed by atoms with E-state index in [1.165, 1.54) is 0 Å². The number of nitrogens with two attached hydrogens (primary N) is 1. The molecule has 0 spiro atoms. The summed E-state index contributed by atoms with van der Waals surface area (Å²) in [6, 6.07) is 5.53. The number of imidazole rings is 1. The van der Waals surface area contributed by atoms with Crippen LogP contribution in [0, 0.1) is 0 Å². The summed E-state index contributed by atoms with van der Waals surface area (Å²) in [5.41, 5.74) is 6.19. The SMILES string of the molecule is COc1ccc(CC(=O)N2CCC(c3nccn3CC(N)=O)CC2)cc1OC. The fraction of sp³-hybridized carbons (Fsp3) is 0.450. The third-order valence-corrected chi connectivity index (χ3v) is 5.09. The van der Waals surface area contributed by atoms with Gasteiger partial charge in [-0.25, -0.2) is 4.98 Å². The first-order valence-corrected chi connectivity index (χ1v) is 9.29. The minimum Gasteiger partial charge on any atom is -0.493 e. The zero-order chi connectivity index (χ0) is 20.1. The standard InChI is InChI=1S/C20H26N4O4/c1-27-16-4-3-14(11-17(16)28-2)12-19(26)23-8-5-15(6-9-23)20-22-7-10-24(20)13-18(21)25/h3-4,7,10-11,15H,5-6,8-9,12-13H2,1-2H3,(H2,21,25). The second-order valence-electron chi connectivity index (χ2n) is 6.90. The smallest absolute Gasteiger partial charge is 0.237 e. The molecule has 2 aromatic rings. The first-order valence-electron chi connectivity index (χ1n) is 9.29. The molecule has 1 aliphatic heterocycles. The van der Waals surface area contributed by atoms with E-state index >= 15 is 0 Å². The molecule has 2 heterocycles. The molecule has 0 unspecified atom stereocenters. The van der Waals surface area contributed by atoms with E-state index in [4.69, 9.17) is 15.2 Å². The lowest BCUT2D eigenvalue weighted by Gasteiger charge is -2.32. The van der Waals surface area contributed by atoms with Crippen molar-refractivity contribution < 1.29 is 19.1 Å². The van der Waals surface area contributed by atoms with Gasteiger partial charge in [-0.15, -0.1) is 0 Å². The molecule has 2 N–H and O–H groups in total. The molecule has 150 valence electrons. The molecule has 0 aliphatic carbocycles. The van der Waals surface area contributed by atoms with E-state index in [1.807, 2.05) is 23.1 Å². The van der Waals surface area contributed by atoms with Gasteiger partial charge in [-0.3, -0.25) is 9.59 Å². The summed E-state index contributed by atoms with van der Waals surface area (Å²) in [6.07, 6.45) is 5.41. The van der Waals surface area contributed by atoms with Crippen molar-refractivity contribution in [1.82, 2.24) is 14.5 Å². The lowest BCUT2D eigenvalue weighted by molar-refractivity contribution is -0.131. The summed E-state index contributed by atoms with van der Waals surface area (Å²) in [5.74, 6) is 2.05. The van der Waals surface area contributed by atoms with Crippen molar-refractivity contribution in [3.8, 4) is 11.5 Å². The predicted molar refractivity (Wildman–Crippen MR) is 103 cm³/mol. The van der Waals surface area contributed by atoms with Crippen molar-refractivity contribution in [3.63, 3.8) is 0 Å². The molecule has 0 atom stereocenters. The Bertz CT molecular complexity index is 840. The van der Waals surface area contributed by atoms with Gasteiger partial charge in [0.1, 0.15) is 12.4 Å². The lowest BCUT2D eigenvalue weighted by atomic mass is 9.95. The highest BCUT2D eigenvalue weighted by Crippen LogP contribution is 2.29. The molecule has 8 heteroatoms. The quantitative estimate of drug-likeness (QED) is 0.774. The molecule has 1 aliphatic rings. The number of carbonyl (C=O) groups is 2. The van der Waals surface area contributed by atoms with Gasteiger partial charge in [0.2, 0.25) is 11.8 Å². The van der Waals surface area contributed by atoms with Crippen LogP contribution in [0.1, 0.15) is 30.1 Å². The molecular weight excluding hydrogens is 360 g/mol. The maximum Gasteiger partial charge on any atom is 0.237 e. The molecule has 0 radical (unpaired) electrons. The van der Waals surface area contributed by atoms with Gasteiger partial charge in [0.25, 0.3) is 0 Å². The Kier molecular flexibility index (Phi) is 6.18. The number of ether oxygens (including phenoxy) is 2. The zero-order valence-electron chi connectivity index (χ0n) is 16.3. The number of methoxy groups -OCH3 is 2. The second-order valence-corrected chi connectivity index (χ2v) is 6.90. The van der Waals surface area contributed by atoms with Gasteiger partial charge in [-0.2, -0.15) is 0 Å². The third-order valence-electron chi connectivity index (χ3n) is 5.09. The first-order chi connectivity index (χ1) is 13.5. The van der Waals surface area contributed by atoms with Gasteiger partial charge in [-0.1, -0.05) is 6.07 Å². The van der Waals surface area contributed by atoms with E-state index in [0.717, 1.165) is 24.2 Å². The third kappa shape index (κ3) is 4.44. The van der Waals surface area contributed by atoms with Crippen LogP contribution in [0.25, 0.3) is 0 Å². The molecule has 1 aromatic carbocycles. The van der Waals surface area contributed by atoms with Gasteiger partial charge in [0.05, 0.1) is 20.6 Å². The van der Waals surface area contributed by atoms with Crippen molar-refractivity contribution in [2.24, 2.45) is 5.73 Å². The van der Waals surface area contributed by atoms with E-state index in [2.05, 4.69) is 4.98 Å². The van der Waals surface area contributed by atoms with Gasteiger partial charge in [0.15, 0.2) is 11.5 Å². The number of amides is 2. The molecule has 3 rings (SSSR count). The van der Waals surface area contributed by atoms with Gasteiger partial charge in [-0.05, 0) is 30.5 Å². The van der Waals surface area contributed by atoms with E-state index in [-0.39, 0.29) is 24.3 Å². The summed E-state index contributed by atoms with van der Waals surface area (Å²) in [4.78, 5) is 30.2. The Balaban J connectivity index is 1.58. The van der Waals surface area contributed by atoms with E-state index in [1.54, 1.807) is 31.2 Å². The Hall–Kier alpha value is -3.03. The number of benzene rings is 1. The molecule has 1 saturated heterocycles. The van der Waals surface area contributed by atoms with Crippen molar-refractivity contribution in [2.75, 3.05) is 27.3 Å². The van der Waals surface area contributed by atoms with Crippen molar-refractivity contribution in [1.29, 1.82) is 0 Å². The van der Waals surface area contributed by atoms with Crippen molar-refractivity contribution >= 4 is 11.8 Å². The number of primary amides is 1. The van der Waals surface area contributed by atoms with Crippen LogP contribution in [0.3, 0.4) is 0 Å². The predicted octanol–water partition coefficient (Wildman–Crippen LogP) is 1.33. The number of hydrogen-bond donors (Lipinski definition) is 1. The highest BCUT2D eigenvalue weighted by Gasteiger charge is 2.26. The number of aromatic nitrogens is 2. The topological polar surface area (TPSA) is 99.7 Å². The molecule has 2 amide bonds. The van der Waals surface area contributed by atoms with Crippen molar-refractivity contribution in [3.05, 3.63) is 42.0 Å². The summed E-state index contributed by atoms with van der Waals surface area (Å²) in [6.45, 7) is 1.47. The Labute approximate surface area is 164 Å². The maximum absolute atomic E-state index is 12.7. The summed E-state index contributed by atoms with van der Waals surface area (Å²) >= 11 is 0. The van der Waals surface area contributed by atoms with Crippen molar-refractivity contribution in [2.45, 2.75) is 31.7 Å². The number of rotatable bonds is 7. The van der Waals surface area contributed by atoms with Crippen LogP contribution < -0.4 is 15.2 Å². The highest BCUT2D eigenvalue weighted by molar-refractivity contribution is 5.79. The summed E-state index contributed by atoms with van der Waals surface area (Å²) in [5, 5.41) is 0. The lowest BCUT2D eigenvalue weighted by Crippen LogP contribution is -2.39. The fourth-order valence-electron chi connectivity index (χ4n) is 3.65. The average molecular weight is 386 g/mol. The highest BCUT2D eigenvalue weighted by atomic mass is 16.5. The number of likely N-dealkylation sites (tertiary alicyclic amines) is 1. The second kappa shape index (κ2) is 8.77. The number of carbonyl (C=O) groups excluding carboxylic acids is 2. The zero-order valence-corrected chi connectivity index (χ0v) is 16.3. The molecular formula is C20H26N4O4. The maximum atomic E-state index is 12.7. The van der Waals surface area contributed by atoms with E-state index < -0.39 is 0 Å². The minimum absolute atomic E-state index is 0.0890. The van der Waals surface area contributed by atoms with E-state index in [9.17, 15) is 9.59 Å². The monoisotopic (exact) mass is 386 g/mol. The molecule has 8 nitrogen and oxygen atoms in total. The van der Waals surface area contributed by atoms with Crippen LogP contribution in [-0.2, 0) is 22.6 Å². The Morgan fingerprint density at radius 1 is 1.18 bits per heavy atom. The first kappa shape index (κ1) is 19.7.